The van der Waals surface area contributed by atoms with Crippen molar-refractivity contribution in [2.24, 2.45) is 0 Å². The van der Waals surface area contributed by atoms with Crippen LogP contribution >= 0.6 is 7.82 Å². The minimum Gasteiger partial charge on any atom is -0.303 e. The number of aromatic nitrogens is 4. The van der Waals surface area contributed by atoms with Gasteiger partial charge in [-0.25, -0.2) is 4.57 Å². The van der Waals surface area contributed by atoms with Crippen LogP contribution in [-0.2, 0) is 4.57 Å². The van der Waals surface area contributed by atoms with Crippen molar-refractivity contribution in [2.75, 3.05) is 0 Å². The molecule has 0 aromatic carbocycles. The second kappa shape index (κ2) is 4.83. The lowest BCUT2D eigenvalue weighted by Crippen LogP contribution is -1.90. The maximum atomic E-state index is 8.88. The zero-order valence-corrected chi connectivity index (χ0v) is 6.96. The molecule has 0 unspecified atom stereocenters. The molecule has 0 aliphatic carbocycles. The first-order chi connectivity index (χ1) is 5.39. The van der Waals surface area contributed by atoms with E-state index >= 15 is 0 Å². The Morgan fingerprint density at radius 3 is 2.00 bits per heavy atom. The summed E-state index contributed by atoms with van der Waals surface area (Å²) in [4.78, 5) is 21.6. The van der Waals surface area contributed by atoms with E-state index in [0.717, 1.165) is 5.69 Å². The highest BCUT2D eigenvalue weighted by Gasteiger charge is 2.00. The molecule has 0 saturated heterocycles. The molecule has 1 aromatic rings. The van der Waals surface area contributed by atoms with Gasteiger partial charge in [-0.05, 0) is 17.4 Å². The summed E-state index contributed by atoms with van der Waals surface area (Å²) in [5.41, 5.74) is 0.787. The summed E-state index contributed by atoms with van der Waals surface area (Å²) in [5.74, 6) is 0. The van der Waals surface area contributed by atoms with Crippen LogP contribution in [-0.4, -0.2) is 35.3 Å². The van der Waals surface area contributed by atoms with Crippen molar-refractivity contribution in [1.82, 2.24) is 20.6 Å². The molecule has 0 aliphatic heterocycles. The van der Waals surface area contributed by atoms with Crippen LogP contribution in [0, 0.1) is 6.92 Å². The van der Waals surface area contributed by atoms with Crippen molar-refractivity contribution in [3.05, 3.63) is 11.9 Å². The minimum atomic E-state index is -4.64. The molecule has 0 atom stereocenters. The summed E-state index contributed by atoms with van der Waals surface area (Å²) >= 11 is 0. The van der Waals surface area contributed by atoms with Gasteiger partial charge < -0.3 is 14.7 Å². The molecular weight excluding hydrogens is 187 g/mol. The van der Waals surface area contributed by atoms with Crippen LogP contribution in [0.15, 0.2) is 6.20 Å². The zero-order chi connectivity index (χ0) is 9.61. The first kappa shape index (κ1) is 11.1. The van der Waals surface area contributed by atoms with Crippen LogP contribution < -0.4 is 0 Å². The average molecular weight is 194 g/mol. The Hall–Kier alpha value is -0.950. The van der Waals surface area contributed by atoms with E-state index in [1.165, 1.54) is 0 Å². The molecule has 68 valence electrons. The van der Waals surface area contributed by atoms with Crippen LogP contribution in [0.1, 0.15) is 5.69 Å². The van der Waals surface area contributed by atoms with Gasteiger partial charge in [-0.15, -0.1) is 10.2 Å². The first-order valence-corrected chi connectivity index (χ1v) is 4.22. The summed E-state index contributed by atoms with van der Waals surface area (Å²) in [6, 6.07) is 0. The summed E-state index contributed by atoms with van der Waals surface area (Å²) in [6.45, 7) is 1.81. The van der Waals surface area contributed by atoms with Gasteiger partial charge in [-0.3, -0.25) is 0 Å². The van der Waals surface area contributed by atoms with Crippen LogP contribution in [0.5, 0.6) is 0 Å². The van der Waals surface area contributed by atoms with Gasteiger partial charge in [0.2, 0.25) is 0 Å². The highest BCUT2D eigenvalue weighted by Crippen LogP contribution is 2.25. The number of hydrogen-bond acceptors (Lipinski definition) is 5. The van der Waals surface area contributed by atoms with Crippen molar-refractivity contribution >= 4 is 7.82 Å². The monoisotopic (exact) mass is 194 g/mol. The van der Waals surface area contributed by atoms with Gasteiger partial charge in [0.25, 0.3) is 0 Å². The third kappa shape index (κ3) is 11.8. The fourth-order valence-corrected chi connectivity index (χ4v) is 0.249. The summed E-state index contributed by atoms with van der Waals surface area (Å²) in [5, 5.41) is 13.5. The zero-order valence-electron chi connectivity index (χ0n) is 6.06. The smallest absolute Gasteiger partial charge is 0.303 e. The summed E-state index contributed by atoms with van der Waals surface area (Å²) in [6.07, 6.45) is 1.55. The van der Waals surface area contributed by atoms with Gasteiger partial charge in [0.05, 0.1) is 11.9 Å². The van der Waals surface area contributed by atoms with E-state index in [-0.39, 0.29) is 0 Å². The molecular formula is C3H7N4O4P. The number of nitrogens with zero attached hydrogens (tertiary/aromatic N) is 4. The molecule has 3 N–H and O–H groups in total. The molecule has 0 spiro atoms. The average Bonchev–Trinajstić information content (AvgIpc) is 1.85. The maximum absolute atomic E-state index is 8.88. The Bertz CT molecular complexity index is 252. The van der Waals surface area contributed by atoms with Crippen molar-refractivity contribution in [3.8, 4) is 0 Å². The third-order valence-corrected chi connectivity index (χ3v) is 0.539. The van der Waals surface area contributed by atoms with E-state index in [4.69, 9.17) is 19.2 Å². The van der Waals surface area contributed by atoms with Crippen LogP contribution in [0.2, 0.25) is 0 Å². The lowest BCUT2D eigenvalue weighted by molar-refractivity contribution is 0.275. The molecule has 8 nitrogen and oxygen atoms in total. The highest BCUT2D eigenvalue weighted by atomic mass is 31.2. The third-order valence-electron chi connectivity index (χ3n) is 0.539. The van der Waals surface area contributed by atoms with Crippen LogP contribution in [0.4, 0.5) is 0 Å². The highest BCUT2D eigenvalue weighted by molar-refractivity contribution is 7.45. The van der Waals surface area contributed by atoms with E-state index in [0.29, 0.717) is 0 Å². The van der Waals surface area contributed by atoms with E-state index in [2.05, 4.69) is 20.6 Å². The normalized spacial score (nSPS) is 10.0. The van der Waals surface area contributed by atoms with E-state index in [1.54, 1.807) is 6.20 Å². The fraction of sp³-hybridized carbons (Fsp3) is 0.333. The SMILES string of the molecule is Cc1cnnnn1.O=P(O)(O)O. The van der Waals surface area contributed by atoms with Crippen molar-refractivity contribution in [2.45, 2.75) is 6.92 Å². The van der Waals surface area contributed by atoms with Crippen molar-refractivity contribution < 1.29 is 19.2 Å². The van der Waals surface area contributed by atoms with Gasteiger partial charge in [0.15, 0.2) is 0 Å². The second-order valence-electron chi connectivity index (χ2n) is 1.68. The van der Waals surface area contributed by atoms with Gasteiger partial charge in [-0.1, -0.05) is 0 Å². The Balaban J connectivity index is 0.000000217. The summed E-state index contributed by atoms with van der Waals surface area (Å²) < 4.78 is 8.88. The molecule has 1 heterocycles. The maximum Gasteiger partial charge on any atom is 0.466 e. The first-order valence-electron chi connectivity index (χ1n) is 2.65. The molecule has 1 rings (SSSR count). The van der Waals surface area contributed by atoms with E-state index < -0.39 is 7.82 Å². The van der Waals surface area contributed by atoms with Gasteiger partial charge in [0.1, 0.15) is 0 Å². The molecule has 0 fully saturated rings. The Kier molecular flexibility index (Phi) is 4.45. The largest absolute Gasteiger partial charge is 0.466 e. The molecule has 1 aromatic heterocycles. The lowest BCUT2D eigenvalue weighted by atomic mass is 10.6. The topological polar surface area (TPSA) is 129 Å². The predicted molar refractivity (Wildman–Crippen MR) is 36.6 cm³/mol. The van der Waals surface area contributed by atoms with E-state index in [1.807, 2.05) is 6.92 Å². The van der Waals surface area contributed by atoms with E-state index in [9.17, 15) is 0 Å². The van der Waals surface area contributed by atoms with Gasteiger partial charge >= 0.3 is 7.82 Å². The lowest BCUT2D eigenvalue weighted by Gasteiger charge is -1.82. The predicted octanol–water partition coefficient (Wildman–Crippen LogP) is -1.35. The quantitative estimate of drug-likeness (QED) is 0.432. The molecule has 0 saturated carbocycles. The molecule has 9 heteroatoms. The molecule has 0 aliphatic rings. The van der Waals surface area contributed by atoms with Crippen LogP contribution in [0.25, 0.3) is 0 Å². The molecule has 0 bridgehead atoms. The standard InChI is InChI=1S/C3H4N4.H3O4P/c1-3-2-4-6-7-5-3;1-5(2,3)4/h2H,1H3;(H3,1,2,3,4). The Labute approximate surface area is 67.5 Å². The van der Waals surface area contributed by atoms with Crippen LogP contribution in [0.3, 0.4) is 0 Å². The molecule has 0 amide bonds. The molecule has 12 heavy (non-hydrogen) atoms. The summed E-state index contributed by atoms with van der Waals surface area (Å²) in [7, 11) is -4.64. The Morgan fingerprint density at radius 2 is 1.83 bits per heavy atom. The number of rotatable bonds is 0. The Morgan fingerprint density at radius 1 is 1.33 bits per heavy atom. The van der Waals surface area contributed by atoms with Gasteiger partial charge in [0, 0.05) is 0 Å². The number of aryl methyl sites for hydroxylation is 1. The minimum absolute atomic E-state index is 0.787. The molecule has 0 radical (unpaired) electrons. The van der Waals surface area contributed by atoms with Crippen molar-refractivity contribution in [1.29, 1.82) is 0 Å². The van der Waals surface area contributed by atoms with Crippen molar-refractivity contribution in [3.63, 3.8) is 0 Å². The fourth-order valence-electron chi connectivity index (χ4n) is 0.249. The van der Waals surface area contributed by atoms with Gasteiger partial charge in [-0.2, -0.15) is 0 Å². The number of phosphoric acid groups is 1. The second-order valence-corrected chi connectivity index (χ2v) is 2.70. The number of hydrogen-bond donors (Lipinski definition) is 3.